The van der Waals surface area contributed by atoms with Gasteiger partial charge in [0.2, 0.25) is 0 Å². The Bertz CT molecular complexity index is 761. The molecule has 26 heavy (non-hydrogen) atoms. The van der Waals surface area contributed by atoms with Crippen molar-refractivity contribution in [3.63, 3.8) is 0 Å². The summed E-state index contributed by atoms with van der Waals surface area (Å²) in [6.45, 7) is 5.93. The van der Waals surface area contributed by atoms with Gasteiger partial charge in [-0.25, -0.2) is 4.79 Å². The van der Waals surface area contributed by atoms with E-state index in [0.29, 0.717) is 18.7 Å². The van der Waals surface area contributed by atoms with Gasteiger partial charge in [0, 0.05) is 38.3 Å². The van der Waals surface area contributed by atoms with E-state index in [2.05, 4.69) is 11.8 Å². The molecule has 0 bridgehead atoms. The number of carboxylic acid groups (broad SMARTS) is 1. The molecule has 1 saturated heterocycles. The summed E-state index contributed by atoms with van der Waals surface area (Å²) in [5.74, 6) is -0.811. The van der Waals surface area contributed by atoms with Crippen molar-refractivity contribution in [1.82, 2.24) is 9.80 Å². The number of aryl methyl sites for hydroxylation is 1. The Morgan fingerprint density at radius 2 is 1.38 bits per heavy atom. The molecule has 5 nitrogen and oxygen atoms in total. The number of amides is 1. The molecular formula is C21H24N2O3. The van der Waals surface area contributed by atoms with Crippen molar-refractivity contribution < 1.29 is 14.7 Å². The number of carbonyl (C=O) groups is 2. The van der Waals surface area contributed by atoms with Crippen LogP contribution in [0.15, 0.2) is 48.5 Å². The van der Waals surface area contributed by atoms with Gasteiger partial charge in [0.05, 0.1) is 5.56 Å². The zero-order valence-electron chi connectivity index (χ0n) is 15.0. The van der Waals surface area contributed by atoms with Crippen LogP contribution >= 0.6 is 0 Å². The molecule has 0 atom stereocenters. The molecule has 1 aliphatic heterocycles. The van der Waals surface area contributed by atoms with Gasteiger partial charge < -0.3 is 10.0 Å². The third-order valence-corrected chi connectivity index (χ3v) is 4.88. The van der Waals surface area contributed by atoms with E-state index in [1.54, 1.807) is 12.1 Å². The van der Waals surface area contributed by atoms with Crippen LogP contribution in [0.2, 0.25) is 0 Å². The maximum Gasteiger partial charge on any atom is 0.335 e. The lowest BCUT2D eigenvalue weighted by atomic mass is 10.1. The summed E-state index contributed by atoms with van der Waals surface area (Å²) in [5.41, 5.74) is 3.38. The fraction of sp³-hybridized carbons (Fsp3) is 0.333. The normalized spacial score (nSPS) is 15.0. The average Bonchev–Trinajstić information content (AvgIpc) is 2.68. The van der Waals surface area contributed by atoms with Gasteiger partial charge in [-0.05, 0) is 41.8 Å². The predicted molar refractivity (Wildman–Crippen MR) is 100 cm³/mol. The van der Waals surface area contributed by atoms with Crippen molar-refractivity contribution in [3.8, 4) is 0 Å². The van der Waals surface area contributed by atoms with Gasteiger partial charge in [-0.3, -0.25) is 9.69 Å². The monoisotopic (exact) mass is 352 g/mol. The second-order valence-corrected chi connectivity index (χ2v) is 6.62. The first kappa shape index (κ1) is 18.1. The van der Waals surface area contributed by atoms with Crippen LogP contribution in [0.3, 0.4) is 0 Å². The highest BCUT2D eigenvalue weighted by Gasteiger charge is 2.22. The van der Waals surface area contributed by atoms with Crippen LogP contribution in [0.25, 0.3) is 0 Å². The number of piperazine rings is 1. The quantitative estimate of drug-likeness (QED) is 0.899. The second-order valence-electron chi connectivity index (χ2n) is 6.62. The van der Waals surface area contributed by atoms with Crippen LogP contribution in [0.4, 0.5) is 0 Å². The van der Waals surface area contributed by atoms with E-state index in [9.17, 15) is 9.59 Å². The first-order valence-electron chi connectivity index (χ1n) is 8.99. The molecule has 0 unspecified atom stereocenters. The van der Waals surface area contributed by atoms with Crippen molar-refractivity contribution in [2.24, 2.45) is 0 Å². The summed E-state index contributed by atoms with van der Waals surface area (Å²) >= 11 is 0. The lowest BCUT2D eigenvalue weighted by Crippen LogP contribution is -2.48. The van der Waals surface area contributed by atoms with E-state index in [4.69, 9.17) is 5.11 Å². The SMILES string of the molecule is CCc1ccc(C(=O)N2CCN(Cc3ccc(C(=O)O)cc3)CC2)cc1. The Morgan fingerprint density at radius 1 is 0.846 bits per heavy atom. The molecule has 0 radical (unpaired) electrons. The van der Waals surface area contributed by atoms with Gasteiger partial charge >= 0.3 is 5.97 Å². The first-order valence-corrected chi connectivity index (χ1v) is 8.99. The highest BCUT2D eigenvalue weighted by Crippen LogP contribution is 2.13. The molecule has 2 aromatic rings. The maximum absolute atomic E-state index is 12.6. The summed E-state index contributed by atoms with van der Waals surface area (Å²) < 4.78 is 0. The number of hydrogen-bond donors (Lipinski definition) is 1. The molecule has 3 rings (SSSR count). The van der Waals surface area contributed by atoms with Gasteiger partial charge in [-0.15, -0.1) is 0 Å². The van der Waals surface area contributed by atoms with Gasteiger partial charge in [0.25, 0.3) is 5.91 Å². The van der Waals surface area contributed by atoms with E-state index < -0.39 is 5.97 Å². The number of nitrogens with zero attached hydrogens (tertiary/aromatic N) is 2. The largest absolute Gasteiger partial charge is 0.478 e. The van der Waals surface area contributed by atoms with Gasteiger partial charge in [-0.1, -0.05) is 31.2 Å². The van der Waals surface area contributed by atoms with E-state index in [-0.39, 0.29) is 5.91 Å². The molecule has 0 saturated carbocycles. The van der Waals surface area contributed by atoms with Crippen molar-refractivity contribution in [2.45, 2.75) is 19.9 Å². The Morgan fingerprint density at radius 3 is 1.92 bits per heavy atom. The minimum atomic E-state index is -0.907. The number of carboxylic acids is 1. The second kappa shape index (κ2) is 8.15. The third-order valence-electron chi connectivity index (χ3n) is 4.88. The summed E-state index contributed by atoms with van der Waals surface area (Å²) in [6, 6.07) is 14.9. The van der Waals surface area contributed by atoms with Crippen LogP contribution < -0.4 is 0 Å². The number of aromatic carboxylic acids is 1. The Kier molecular flexibility index (Phi) is 5.68. The zero-order valence-corrected chi connectivity index (χ0v) is 15.0. The van der Waals surface area contributed by atoms with E-state index in [1.807, 2.05) is 41.3 Å². The van der Waals surface area contributed by atoms with Crippen molar-refractivity contribution in [2.75, 3.05) is 26.2 Å². The first-order chi connectivity index (χ1) is 12.6. The maximum atomic E-state index is 12.6. The molecule has 5 heteroatoms. The Balaban J connectivity index is 1.53. The van der Waals surface area contributed by atoms with E-state index in [0.717, 1.165) is 37.2 Å². The average molecular weight is 352 g/mol. The summed E-state index contributed by atoms with van der Waals surface area (Å²) in [5, 5.41) is 8.95. The molecule has 1 fully saturated rings. The molecule has 136 valence electrons. The Labute approximate surface area is 153 Å². The fourth-order valence-electron chi connectivity index (χ4n) is 3.19. The van der Waals surface area contributed by atoms with Crippen molar-refractivity contribution >= 4 is 11.9 Å². The van der Waals surface area contributed by atoms with Gasteiger partial charge in [-0.2, -0.15) is 0 Å². The minimum Gasteiger partial charge on any atom is -0.478 e. The molecule has 1 amide bonds. The molecule has 1 aliphatic rings. The zero-order chi connectivity index (χ0) is 18.5. The molecule has 0 aromatic heterocycles. The molecule has 1 heterocycles. The lowest BCUT2D eigenvalue weighted by Gasteiger charge is -2.34. The number of benzene rings is 2. The van der Waals surface area contributed by atoms with E-state index >= 15 is 0 Å². The number of carbonyl (C=O) groups excluding carboxylic acids is 1. The lowest BCUT2D eigenvalue weighted by molar-refractivity contribution is 0.0628. The van der Waals surface area contributed by atoms with Gasteiger partial charge in [0.1, 0.15) is 0 Å². The van der Waals surface area contributed by atoms with Crippen LogP contribution in [-0.4, -0.2) is 53.0 Å². The van der Waals surface area contributed by atoms with Crippen molar-refractivity contribution in [1.29, 1.82) is 0 Å². The Hall–Kier alpha value is -2.66. The predicted octanol–water partition coefficient (Wildman–Crippen LogP) is 2.91. The highest BCUT2D eigenvalue weighted by atomic mass is 16.4. The van der Waals surface area contributed by atoms with Crippen LogP contribution in [0.1, 0.15) is 38.8 Å². The fourth-order valence-corrected chi connectivity index (χ4v) is 3.19. The topological polar surface area (TPSA) is 60.9 Å². The third kappa shape index (κ3) is 4.29. The molecular weight excluding hydrogens is 328 g/mol. The molecule has 0 aliphatic carbocycles. The summed E-state index contributed by atoms with van der Waals surface area (Å²) in [4.78, 5) is 27.7. The highest BCUT2D eigenvalue weighted by molar-refractivity contribution is 5.94. The minimum absolute atomic E-state index is 0.0955. The van der Waals surface area contributed by atoms with Crippen LogP contribution in [-0.2, 0) is 13.0 Å². The van der Waals surface area contributed by atoms with Crippen LogP contribution in [0.5, 0.6) is 0 Å². The van der Waals surface area contributed by atoms with Gasteiger partial charge in [0.15, 0.2) is 0 Å². The summed E-state index contributed by atoms with van der Waals surface area (Å²) in [7, 11) is 0. The smallest absolute Gasteiger partial charge is 0.335 e. The number of rotatable bonds is 5. The van der Waals surface area contributed by atoms with E-state index in [1.165, 1.54) is 5.56 Å². The molecule has 0 spiro atoms. The summed E-state index contributed by atoms with van der Waals surface area (Å²) in [6.07, 6.45) is 0.973. The van der Waals surface area contributed by atoms with Crippen LogP contribution in [0, 0.1) is 0 Å². The van der Waals surface area contributed by atoms with Crippen molar-refractivity contribution in [3.05, 3.63) is 70.8 Å². The number of hydrogen-bond acceptors (Lipinski definition) is 3. The standard InChI is InChI=1S/C21H24N2O3/c1-2-16-3-7-18(8-4-16)20(24)23-13-11-22(12-14-23)15-17-5-9-19(10-6-17)21(25)26/h3-10H,2,11-15H2,1H3,(H,25,26). The molecule has 1 N–H and O–H groups in total. The molecule has 2 aromatic carbocycles.